The molecule has 0 aromatic carbocycles. The molecule has 3 heteroatoms. The van der Waals surface area contributed by atoms with E-state index in [-0.39, 0.29) is 0 Å². The van der Waals surface area contributed by atoms with Gasteiger partial charge < -0.3 is 10.1 Å². The maximum atomic E-state index is 5.66. The summed E-state index contributed by atoms with van der Waals surface area (Å²) < 4.78 is 5.66. The molecule has 1 fully saturated rings. The van der Waals surface area contributed by atoms with Crippen LogP contribution in [0.2, 0.25) is 0 Å². The normalized spacial score (nSPS) is 21.1. The molecule has 3 nitrogen and oxygen atoms in total. The Hall–Kier alpha value is -0.930. The Morgan fingerprint density at radius 3 is 3.00 bits per heavy atom. The van der Waals surface area contributed by atoms with E-state index in [4.69, 9.17) is 4.74 Å². The molecule has 0 saturated carbocycles. The van der Waals surface area contributed by atoms with Gasteiger partial charge in [0.05, 0.1) is 6.10 Å². The number of hydrogen-bond acceptors (Lipinski definition) is 3. The van der Waals surface area contributed by atoms with Gasteiger partial charge in [0.1, 0.15) is 0 Å². The first-order chi connectivity index (χ1) is 8.79. The van der Waals surface area contributed by atoms with E-state index in [1.54, 1.807) is 0 Å². The summed E-state index contributed by atoms with van der Waals surface area (Å²) in [5, 5.41) is 3.38. The standard InChI is InChI=1S/C15H24N2O/c1-12-8-9-13(11-17-12)15(16-2)7-3-5-14-6-4-10-18-14/h8-9,11,14-16H,3-7,10H2,1-2H3. The number of ether oxygens (including phenoxy) is 1. The zero-order chi connectivity index (χ0) is 12.8. The Labute approximate surface area is 110 Å². The fourth-order valence-corrected chi connectivity index (χ4v) is 2.58. The van der Waals surface area contributed by atoms with Crippen LogP contribution in [0, 0.1) is 6.92 Å². The second kappa shape index (κ2) is 6.86. The van der Waals surface area contributed by atoms with Crippen LogP contribution in [0.4, 0.5) is 0 Å². The molecular weight excluding hydrogens is 224 g/mol. The van der Waals surface area contributed by atoms with Crippen molar-refractivity contribution in [3.63, 3.8) is 0 Å². The lowest BCUT2D eigenvalue weighted by Crippen LogP contribution is -2.17. The topological polar surface area (TPSA) is 34.1 Å². The molecule has 2 heterocycles. The lowest BCUT2D eigenvalue weighted by Gasteiger charge is -2.17. The molecule has 1 N–H and O–H groups in total. The number of pyridine rings is 1. The highest BCUT2D eigenvalue weighted by Gasteiger charge is 2.16. The fraction of sp³-hybridized carbons (Fsp3) is 0.667. The van der Waals surface area contributed by atoms with Gasteiger partial charge in [0, 0.05) is 24.5 Å². The van der Waals surface area contributed by atoms with Crippen LogP contribution in [0.5, 0.6) is 0 Å². The van der Waals surface area contributed by atoms with Gasteiger partial charge in [-0.15, -0.1) is 0 Å². The Balaban J connectivity index is 1.79. The second-order valence-corrected chi connectivity index (χ2v) is 5.14. The summed E-state index contributed by atoms with van der Waals surface area (Å²) in [4.78, 5) is 4.37. The minimum Gasteiger partial charge on any atom is -0.378 e. The van der Waals surface area contributed by atoms with Crippen molar-refractivity contribution >= 4 is 0 Å². The number of nitrogens with one attached hydrogen (secondary N) is 1. The van der Waals surface area contributed by atoms with Crippen molar-refractivity contribution in [2.24, 2.45) is 0 Å². The fourth-order valence-electron chi connectivity index (χ4n) is 2.58. The van der Waals surface area contributed by atoms with Gasteiger partial charge in [-0.1, -0.05) is 6.07 Å². The lowest BCUT2D eigenvalue weighted by atomic mass is 10.0. The number of rotatable bonds is 6. The number of nitrogens with zero attached hydrogens (tertiary/aromatic N) is 1. The maximum absolute atomic E-state index is 5.66. The number of aryl methyl sites for hydroxylation is 1. The van der Waals surface area contributed by atoms with Crippen molar-refractivity contribution < 1.29 is 4.74 Å². The van der Waals surface area contributed by atoms with E-state index in [2.05, 4.69) is 22.4 Å². The molecule has 1 saturated heterocycles. The summed E-state index contributed by atoms with van der Waals surface area (Å²) in [7, 11) is 2.02. The summed E-state index contributed by atoms with van der Waals surface area (Å²) in [5.74, 6) is 0. The van der Waals surface area contributed by atoms with Crippen molar-refractivity contribution in [2.45, 2.75) is 51.2 Å². The van der Waals surface area contributed by atoms with E-state index in [9.17, 15) is 0 Å². The zero-order valence-electron chi connectivity index (χ0n) is 11.5. The molecule has 0 spiro atoms. The van der Waals surface area contributed by atoms with Crippen LogP contribution < -0.4 is 5.32 Å². The monoisotopic (exact) mass is 248 g/mol. The third kappa shape index (κ3) is 3.79. The van der Waals surface area contributed by atoms with Gasteiger partial charge in [0.2, 0.25) is 0 Å². The molecule has 0 radical (unpaired) electrons. The van der Waals surface area contributed by atoms with Gasteiger partial charge >= 0.3 is 0 Å². The van der Waals surface area contributed by atoms with Gasteiger partial charge in [-0.3, -0.25) is 4.98 Å². The molecule has 2 unspecified atom stereocenters. The van der Waals surface area contributed by atoms with E-state index < -0.39 is 0 Å². The van der Waals surface area contributed by atoms with Crippen molar-refractivity contribution in [1.82, 2.24) is 10.3 Å². The summed E-state index contributed by atoms with van der Waals surface area (Å²) in [6, 6.07) is 4.68. The third-order valence-corrected chi connectivity index (χ3v) is 3.73. The van der Waals surface area contributed by atoms with E-state index >= 15 is 0 Å². The summed E-state index contributed by atoms with van der Waals surface area (Å²) in [6.07, 6.45) is 8.54. The Morgan fingerprint density at radius 2 is 2.39 bits per heavy atom. The van der Waals surface area contributed by atoms with E-state index in [1.807, 2.05) is 20.2 Å². The lowest BCUT2D eigenvalue weighted by molar-refractivity contribution is 0.101. The van der Waals surface area contributed by atoms with Gasteiger partial charge in [0.25, 0.3) is 0 Å². The highest BCUT2D eigenvalue weighted by atomic mass is 16.5. The highest BCUT2D eigenvalue weighted by Crippen LogP contribution is 2.22. The second-order valence-electron chi connectivity index (χ2n) is 5.14. The molecule has 100 valence electrons. The van der Waals surface area contributed by atoms with Crippen LogP contribution in [-0.2, 0) is 4.74 Å². The van der Waals surface area contributed by atoms with Gasteiger partial charge in [0.15, 0.2) is 0 Å². The van der Waals surface area contributed by atoms with Crippen molar-refractivity contribution in [2.75, 3.05) is 13.7 Å². The summed E-state index contributed by atoms with van der Waals surface area (Å²) in [5.41, 5.74) is 2.36. The van der Waals surface area contributed by atoms with Crippen molar-refractivity contribution in [3.8, 4) is 0 Å². The Bertz CT molecular complexity index is 344. The SMILES string of the molecule is CNC(CCCC1CCCO1)c1ccc(C)nc1. The molecule has 0 bridgehead atoms. The largest absolute Gasteiger partial charge is 0.378 e. The van der Waals surface area contributed by atoms with Crippen molar-refractivity contribution in [1.29, 1.82) is 0 Å². The van der Waals surface area contributed by atoms with Crippen LogP contribution in [0.25, 0.3) is 0 Å². The molecule has 1 aromatic heterocycles. The Kier molecular flexibility index (Phi) is 5.14. The number of aromatic nitrogens is 1. The van der Waals surface area contributed by atoms with Gasteiger partial charge in [-0.25, -0.2) is 0 Å². The molecule has 18 heavy (non-hydrogen) atoms. The Morgan fingerprint density at radius 1 is 1.50 bits per heavy atom. The molecule has 0 aliphatic carbocycles. The van der Waals surface area contributed by atoms with Crippen LogP contribution >= 0.6 is 0 Å². The summed E-state index contributed by atoms with van der Waals surface area (Å²) in [6.45, 7) is 2.98. The van der Waals surface area contributed by atoms with Crippen LogP contribution in [-0.4, -0.2) is 24.7 Å². The van der Waals surface area contributed by atoms with E-state index in [0.29, 0.717) is 12.1 Å². The average Bonchev–Trinajstić information content (AvgIpc) is 2.89. The molecule has 2 atom stereocenters. The first-order valence-corrected chi connectivity index (χ1v) is 7.01. The molecule has 1 aliphatic heterocycles. The highest BCUT2D eigenvalue weighted by molar-refractivity contribution is 5.17. The molecule has 0 amide bonds. The first-order valence-electron chi connectivity index (χ1n) is 7.01. The molecule has 1 aromatic rings. The van der Waals surface area contributed by atoms with Gasteiger partial charge in [-0.2, -0.15) is 0 Å². The van der Waals surface area contributed by atoms with E-state index in [1.165, 1.54) is 31.2 Å². The van der Waals surface area contributed by atoms with Crippen molar-refractivity contribution in [3.05, 3.63) is 29.6 Å². The van der Waals surface area contributed by atoms with Crippen LogP contribution in [0.15, 0.2) is 18.3 Å². The van der Waals surface area contributed by atoms with E-state index in [0.717, 1.165) is 18.7 Å². The first kappa shape index (κ1) is 13.5. The molecular formula is C15H24N2O. The zero-order valence-corrected chi connectivity index (χ0v) is 11.5. The molecule has 1 aliphatic rings. The average molecular weight is 248 g/mol. The van der Waals surface area contributed by atoms with Crippen LogP contribution in [0.3, 0.4) is 0 Å². The van der Waals surface area contributed by atoms with Gasteiger partial charge in [-0.05, 0) is 57.7 Å². The third-order valence-electron chi connectivity index (χ3n) is 3.73. The predicted molar refractivity (Wildman–Crippen MR) is 73.6 cm³/mol. The minimum atomic E-state index is 0.416. The predicted octanol–water partition coefficient (Wildman–Crippen LogP) is 3.00. The van der Waals surface area contributed by atoms with Crippen LogP contribution in [0.1, 0.15) is 49.4 Å². The number of hydrogen-bond donors (Lipinski definition) is 1. The summed E-state index contributed by atoms with van der Waals surface area (Å²) >= 11 is 0. The maximum Gasteiger partial charge on any atom is 0.0576 e. The molecule has 2 rings (SSSR count). The minimum absolute atomic E-state index is 0.416. The quantitative estimate of drug-likeness (QED) is 0.840. The smallest absolute Gasteiger partial charge is 0.0576 e.